The Morgan fingerprint density at radius 2 is 1.22 bits per heavy atom. The van der Waals surface area contributed by atoms with Crippen molar-refractivity contribution in [1.29, 1.82) is 0 Å². The topological polar surface area (TPSA) is 53.5 Å². The minimum absolute atomic E-state index is 0. The van der Waals surface area contributed by atoms with Crippen molar-refractivity contribution in [1.82, 2.24) is 6.15 Å². The van der Waals surface area contributed by atoms with Crippen molar-refractivity contribution in [3.05, 3.63) is 0 Å². The van der Waals surface area contributed by atoms with E-state index in [2.05, 4.69) is 0 Å². The summed E-state index contributed by atoms with van der Waals surface area (Å²) in [5, 5.41) is 0. The smallest absolute Gasteiger partial charge is 0.0700 e. The molecule has 0 heterocycles. The first-order chi connectivity index (χ1) is 3.91. The highest BCUT2D eigenvalue weighted by molar-refractivity contribution is 4.24. The summed E-state index contributed by atoms with van der Waals surface area (Å²) < 4.78 is 10.0. The van der Waals surface area contributed by atoms with Gasteiger partial charge in [-0.3, -0.25) is 0 Å². The van der Waals surface area contributed by atoms with Gasteiger partial charge >= 0.3 is 0 Å². The molecule has 3 heteroatoms. The van der Waals surface area contributed by atoms with E-state index in [1.54, 1.807) is 0 Å². The van der Waals surface area contributed by atoms with E-state index in [0.29, 0.717) is 0 Å². The third-order valence-electron chi connectivity index (χ3n) is 0.780. The summed E-state index contributed by atoms with van der Waals surface area (Å²) in [6, 6.07) is 0. The summed E-state index contributed by atoms with van der Waals surface area (Å²) in [5.74, 6) is 0. The molecule has 0 saturated heterocycles. The maximum atomic E-state index is 5.01. The molecule has 0 atom stereocenters. The van der Waals surface area contributed by atoms with Crippen LogP contribution in [0.15, 0.2) is 0 Å². The minimum atomic E-state index is 0. The maximum absolute atomic E-state index is 5.01. The molecule has 0 aromatic carbocycles. The van der Waals surface area contributed by atoms with Gasteiger partial charge < -0.3 is 15.6 Å². The molecule has 0 spiro atoms. The fourth-order valence-electron chi connectivity index (χ4n) is 0.407. The van der Waals surface area contributed by atoms with Gasteiger partial charge in [0, 0.05) is 13.2 Å². The average molecular weight is 135 g/mol. The van der Waals surface area contributed by atoms with Gasteiger partial charge in [0.2, 0.25) is 0 Å². The van der Waals surface area contributed by atoms with E-state index in [4.69, 9.17) is 9.47 Å². The third kappa shape index (κ3) is 11.4. The Hall–Kier alpha value is -0.120. The van der Waals surface area contributed by atoms with Crippen molar-refractivity contribution in [2.75, 3.05) is 26.4 Å². The molecular formula is C6H17NO2. The second-order valence-corrected chi connectivity index (χ2v) is 1.39. The lowest BCUT2D eigenvalue weighted by molar-refractivity contribution is 0.0584. The average Bonchev–Trinajstić information content (AvgIpc) is 1.81. The van der Waals surface area contributed by atoms with Crippen molar-refractivity contribution in [2.45, 2.75) is 13.8 Å². The van der Waals surface area contributed by atoms with Crippen molar-refractivity contribution in [3.8, 4) is 0 Å². The Labute approximate surface area is 56.9 Å². The molecule has 0 rings (SSSR count). The number of hydrogen-bond acceptors (Lipinski definition) is 3. The second-order valence-electron chi connectivity index (χ2n) is 1.39. The normalized spacial score (nSPS) is 8.67. The first-order valence-corrected chi connectivity index (χ1v) is 3.07. The molecule has 0 fully saturated rings. The van der Waals surface area contributed by atoms with E-state index in [9.17, 15) is 0 Å². The van der Waals surface area contributed by atoms with Crippen molar-refractivity contribution < 1.29 is 9.47 Å². The van der Waals surface area contributed by atoms with Crippen LogP contribution in [0.25, 0.3) is 0 Å². The molecule has 0 radical (unpaired) electrons. The summed E-state index contributed by atoms with van der Waals surface area (Å²) in [6.45, 7) is 6.98. The van der Waals surface area contributed by atoms with Crippen LogP contribution in [-0.4, -0.2) is 26.4 Å². The summed E-state index contributed by atoms with van der Waals surface area (Å²) in [7, 11) is 0. The molecule has 0 unspecified atom stereocenters. The quantitative estimate of drug-likeness (QED) is 0.577. The van der Waals surface area contributed by atoms with Crippen LogP contribution in [0.1, 0.15) is 13.8 Å². The maximum Gasteiger partial charge on any atom is 0.0700 e. The van der Waals surface area contributed by atoms with Crippen LogP contribution in [-0.2, 0) is 9.47 Å². The van der Waals surface area contributed by atoms with E-state index in [0.717, 1.165) is 26.4 Å². The van der Waals surface area contributed by atoms with Crippen LogP contribution in [0.4, 0.5) is 0 Å². The van der Waals surface area contributed by atoms with E-state index in [-0.39, 0.29) is 6.15 Å². The Kier molecular flexibility index (Phi) is 14.0. The second kappa shape index (κ2) is 10.8. The molecule has 0 bridgehead atoms. The van der Waals surface area contributed by atoms with Crippen molar-refractivity contribution in [2.24, 2.45) is 0 Å². The molecule has 3 N–H and O–H groups in total. The fraction of sp³-hybridized carbons (Fsp3) is 1.00. The molecule has 0 saturated carbocycles. The molecule has 9 heavy (non-hydrogen) atoms. The highest BCUT2D eigenvalue weighted by Gasteiger charge is 1.81. The summed E-state index contributed by atoms with van der Waals surface area (Å²) in [6.07, 6.45) is 0. The summed E-state index contributed by atoms with van der Waals surface area (Å²) >= 11 is 0. The van der Waals surface area contributed by atoms with Gasteiger partial charge in [-0.2, -0.15) is 0 Å². The van der Waals surface area contributed by atoms with E-state index in [1.165, 1.54) is 0 Å². The largest absolute Gasteiger partial charge is 0.379 e. The van der Waals surface area contributed by atoms with Gasteiger partial charge in [-0.25, -0.2) is 0 Å². The van der Waals surface area contributed by atoms with Gasteiger partial charge in [-0.15, -0.1) is 0 Å². The van der Waals surface area contributed by atoms with Crippen LogP contribution >= 0.6 is 0 Å². The van der Waals surface area contributed by atoms with Gasteiger partial charge in [-0.1, -0.05) is 0 Å². The highest BCUT2D eigenvalue weighted by atomic mass is 16.5. The monoisotopic (exact) mass is 135 g/mol. The third-order valence-corrected chi connectivity index (χ3v) is 0.780. The molecule has 58 valence electrons. The SMILES string of the molecule is CCOCCOCC.N. The Morgan fingerprint density at radius 1 is 0.889 bits per heavy atom. The van der Waals surface area contributed by atoms with E-state index < -0.39 is 0 Å². The molecule has 0 aliphatic heterocycles. The van der Waals surface area contributed by atoms with Gasteiger partial charge in [-0.05, 0) is 13.8 Å². The molecule has 0 aliphatic carbocycles. The molecule has 3 nitrogen and oxygen atoms in total. The molecular weight excluding hydrogens is 118 g/mol. The zero-order chi connectivity index (χ0) is 6.24. The number of rotatable bonds is 5. The standard InChI is InChI=1S/C6H14O2.H3N/c1-3-7-5-6-8-4-2;/h3-6H2,1-2H3;1H3. The predicted octanol–water partition coefficient (Wildman–Crippen LogP) is 1.22. The highest BCUT2D eigenvalue weighted by Crippen LogP contribution is 1.75. The lowest BCUT2D eigenvalue weighted by Crippen LogP contribution is -2.02. The number of hydrogen-bond donors (Lipinski definition) is 1. The lowest BCUT2D eigenvalue weighted by atomic mass is 10.7. The minimum Gasteiger partial charge on any atom is -0.379 e. The molecule has 0 aromatic heterocycles. The first-order valence-electron chi connectivity index (χ1n) is 3.07. The van der Waals surface area contributed by atoms with Crippen molar-refractivity contribution in [3.63, 3.8) is 0 Å². The molecule has 0 amide bonds. The first kappa shape index (κ1) is 11.6. The van der Waals surface area contributed by atoms with Gasteiger partial charge in [0.05, 0.1) is 13.2 Å². The van der Waals surface area contributed by atoms with Gasteiger partial charge in [0.1, 0.15) is 0 Å². The van der Waals surface area contributed by atoms with Gasteiger partial charge in [0.25, 0.3) is 0 Å². The Balaban J connectivity index is 0. The predicted molar refractivity (Wildman–Crippen MR) is 38.0 cm³/mol. The van der Waals surface area contributed by atoms with Crippen LogP contribution < -0.4 is 6.15 Å². The fourth-order valence-corrected chi connectivity index (χ4v) is 0.407. The lowest BCUT2D eigenvalue weighted by Gasteiger charge is -1.99. The van der Waals surface area contributed by atoms with Crippen LogP contribution in [0.3, 0.4) is 0 Å². The van der Waals surface area contributed by atoms with Gasteiger partial charge in [0.15, 0.2) is 0 Å². The summed E-state index contributed by atoms with van der Waals surface area (Å²) in [4.78, 5) is 0. The van der Waals surface area contributed by atoms with E-state index in [1.807, 2.05) is 13.8 Å². The Bertz CT molecular complexity index is 36.0. The summed E-state index contributed by atoms with van der Waals surface area (Å²) in [5.41, 5.74) is 0. The van der Waals surface area contributed by atoms with Crippen molar-refractivity contribution >= 4 is 0 Å². The zero-order valence-corrected chi connectivity index (χ0v) is 6.35. The van der Waals surface area contributed by atoms with Crippen LogP contribution in [0, 0.1) is 0 Å². The number of ether oxygens (including phenoxy) is 2. The Morgan fingerprint density at radius 3 is 1.44 bits per heavy atom. The van der Waals surface area contributed by atoms with E-state index >= 15 is 0 Å². The van der Waals surface area contributed by atoms with Crippen LogP contribution in [0.5, 0.6) is 0 Å². The molecule has 0 aromatic rings. The molecule has 0 aliphatic rings. The zero-order valence-electron chi connectivity index (χ0n) is 6.35. The van der Waals surface area contributed by atoms with Crippen LogP contribution in [0.2, 0.25) is 0 Å².